The maximum atomic E-state index is 5.77. The molecule has 0 saturated carbocycles. The normalized spacial score (nSPS) is 13.7. The Labute approximate surface area is 105 Å². The lowest BCUT2D eigenvalue weighted by atomic mass is 10.2. The van der Waals surface area contributed by atoms with Crippen molar-refractivity contribution in [3.8, 4) is 0 Å². The van der Waals surface area contributed by atoms with Gasteiger partial charge in [0.1, 0.15) is 0 Å². The minimum absolute atomic E-state index is 0.161. The second-order valence-electron chi connectivity index (χ2n) is 3.93. The van der Waals surface area contributed by atoms with Crippen LogP contribution in [0.5, 0.6) is 0 Å². The third-order valence-electron chi connectivity index (χ3n) is 2.30. The van der Waals surface area contributed by atoms with Crippen LogP contribution >= 0.6 is 0 Å². The Morgan fingerprint density at radius 2 is 2.18 bits per heavy atom. The number of nitrogens with two attached hydrogens (primary N) is 2. The third-order valence-corrected chi connectivity index (χ3v) is 2.30. The van der Waals surface area contributed by atoms with Crippen molar-refractivity contribution in [3.63, 3.8) is 0 Å². The fraction of sp³-hybridized carbons (Fsp3) is 0.833. The number of unbranched alkanes of at least 4 members (excludes halogenated alkanes) is 1. The zero-order valence-electron chi connectivity index (χ0n) is 11.1. The first-order valence-electron chi connectivity index (χ1n) is 6.27. The first-order valence-corrected chi connectivity index (χ1v) is 6.27. The van der Waals surface area contributed by atoms with E-state index in [0.717, 1.165) is 32.2 Å². The van der Waals surface area contributed by atoms with Crippen LogP contribution in [0.4, 0.5) is 0 Å². The quantitative estimate of drug-likeness (QED) is 0.372. The summed E-state index contributed by atoms with van der Waals surface area (Å²) in [7, 11) is 1.65. The van der Waals surface area contributed by atoms with E-state index >= 15 is 0 Å². The van der Waals surface area contributed by atoms with Crippen molar-refractivity contribution in [2.75, 3.05) is 26.8 Å². The summed E-state index contributed by atoms with van der Waals surface area (Å²) in [5.74, 6) is 0. The SMILES string of the molecule is CCCCC(OC)OC/C(N)=C/NCCCN. The minimum Gasteiger partial charge on any atom is -0.399 e. The Morgan fingerprint density at radius 1 is 1.41 bits per heavy atom. The molecule has 0 amide bonds. The van der Waals surface area contributed by atoms with E-state index in [1.807, 2.05) is 0 Å². The summed E-state index contributed by atoms with van der Waals surface area (Å²) in [6.07, 6.45) is 5.67. The lowest BCUT2D eigenvalue weighted by Crippen LogP contribution is -2.21. The van der Waals surface area contributed by atoms with E-state index in [1.165, 1.54) is 0 Å². The number of methoxy groups -OCH3 is 1. The molecule has 0 aliphatic carbocycles. The summed E-state index contributed by atoms with van der Waals surface area (Å²) in [5, 5.41) is 3.08. The smallest absolute Gasteiger partial charge is 0.157 e. The lowest BCUT2D eigenvalue weighted by molar-refractivity contribution is -0.121. The Hall–Kier alpha value is -0.780. The molecule has 0 spiro atoms. The molecule has 5 N–H and O–H groups in total. The molecule has 0 saturated heterocycles. The van der Waals surface area contributed by atoms with Crippen molar-refractivity contribution < 1.29 is 9.47 Å². The molecule has 0 aliphatic heterocycles. The van der Waals surface area contributed by atoms with E-state index in [0.29, 0.717) is 18.8 Å². The van der Waals surface area contributed by atoms with E-state index < -0.39 is 0 Å². The molecule has 0 rings (SSSR count). The van der Waals surface area contributed by atoms with Crippen LogP contribution in [-0.2, 0) is 9.47 Å². The van der Waals surface area contributed by atoms with E-state index in [9.17, 15) is 0 Å². The molecule has 0 heterocycles. The summed E-state index contributed by atoms with van der Waals surface area (Å²) in [6.45, 7) is 4.04. The Kier molecular flexibility index (Phi) is 11.2. The van der Waals surface area contributed by atoms with E-state index in [-0.39, 0.29) is 6.29 Å². The zero-order chi connectivity index (χ0) is 12.9. The molecular weight excluding hydrogens is 218 g/mol. The molecular formula is C12H27N3O2. The molecule has 0 aromatic heterocycles. The summed E-state index contributed by atoms with van der Waals surface area (Å²) in [5.41, 5.74) is 11.8. The van der Waals surface area contributed by atoms with Crippen molar-refractivity contribution >= 4 is 0 Å². The highest BCUT2D eigenvalue weighted by Crippen LogP contribution is 2.05. The molecule has 0 aromatic rings. The largest absolute Gasteiger partial charge is 0.399 e. The average Bonchev–Trinajstić information content (AvgIpc) is 2.35. The molecule has 0 aromatic carbocycles. The molecule has 5 heteroatoms. The van der Waals surface area contributed by atoms with E-state index in [4.69, 9.17) is 20.9 Å². The van der Waals surface area contributed by atoms with Crippen LogP contribution in [0.2, 0.25) is 0 Å². The van der Waals surface area contributed by atoms with Gasteiger partial charge in [0, 0.05) is 19.9 Å². The maximum absolute atomic E-state index is 5.77. The molecule has 0 fully saturated rings. The van der Waals surface area contributed by atoms with Gasteiger partial charge in [-0.3, -0.25) is 0 Å². The predicted molar refractivity (Wildman–Crippen MR) is 70.2 cm³/mol. The second-order valence-corrected chi connectivity index (χ2v) is 3.93. The molecule has 17 heavy (non-hydrogen) atoms. The van der Waals surface area contributed by atoms with Gasteiger partial charge < -0.3 is 26.3 Å². The van der Waals surface area contributed by atoms with Gasteiger partial charge in [-0.05, 0) is 25.8 Å². The van der Waals surface area contributed by atoms with Crippen LogP contribution in [0.25, 0.3) is 0 Å². The number of nitrogens with one attached hydrogen (secondary N) is 1. The zero-order valence-corrected chi connectivity index (χ0v) is 11.1. The van der Waals surface area contributed by atoms with Crippen LogP contribution in [0, 0.1) is 0 Å². The highest BCUT2D eigenvalue weighted by Gasteiger charge is 2.06. The number of ether oxygens (including phenoxy) is 2. The number of rotatable bonds is 11. The van der Waals surface area contributed by atoms with Gasteiger partial charge >= 0.3 is 0 Å². The second kappa shape index (κ2) is 11.7. The Balaban J connectivity index is 3.67. The molecule has 1 unspecified atom stereocenters. The van der Waals surface area contributed by atoms with Gasteiger partial charge in [0.25, 0.3) is 0 Å². The van der Waals surface area contributed by atoms with Gasteiger partial charge in [0.2, 0.25) is 0 Å². The fourth-order valence-corrected chi connectivity index (χ4v) is 1.28. The van der Waals surface area contributed by atoms with Crippen LogP contribution in [0.15, 0.2) is 11.9 Å². The highest BCUT2D eigenvalue weighted by atomic mass is 16.7. The van der Waals surface area contributed by atoms with Gasteiger partial charge in [-0.15, -0.1) is 0 Å². The highest BCUT2D eigenvalue weighted by molar-refractivity contribution is 4.94. The Bertz CT molecular complexity index is 198. The monoisotopic (exact) mass is 245 g/mol. The fourth-order valence-electron chi connectivity index (χ4n) is 1.28. The third kappa shape index (κ3) is 10.1. The van der Waals surface area contributed by atoms with Gasteiger partial charge in [0.15, 0.2) is 6.29 Å². The standard InChI is InChI=1S/C12H27N3O2/c1-3-4-6-12(16-2)17-10-11(14)9-15-8-5-7-13/h9,12,15H,3-8,10,13-14H2,1-2H3/b11-9-. The van der Waals surface area contributed by atoms with Crippen molar-refractivity contribution in [1.29, 1.82) is 0 Å². The number of hydrogen-bond acceptors (Lipinski definition) is 5. The van der Waals surface area contributed by atoms with E-state index in [2.05, 4.69) is 12.2 Å². The van der Waals surface area contributed by atoms with Crippen LogP contribution in [0.1, 0.15) is 32.6 Å². The molecule has 102 valence electrons. The summed E-state index contributed by atoms with van der Waals surface area (Å²) in [4.78, 5) is 0. The van der Waals surface area contributed by atoms with Crippen molar-refractivity contribution in [3.05, 3.63) is 11.9 Å². The van der Waals surface area contributed by atoms with Crippen molar-refractivity contribution in [2.45, 2.75) is 38.9 Å². The topological polar surface area (TPSA) is 82.5 Å². The molecule has 0 aliphatic rings. The minimum atomic E-state index is -0.161. The average molecular weight is 245 g/mol. The molecule has 0 radical (unpaired) electrons. The maximum Gasteiger partial charge on any atom is 0.157 e. The van der Waals surface area contributed by atoms with Gasteiger partial charge in [-0.2, -0.15) is 0 Å². The number of hydrogen-bond donors (Lipinski definition) is 3. The van der Waals surface area contributed by atoms with Crippen molar-refractivity contribution in [1.82, 2.24) is 5.32 Å². The molecule has 5 nitrogen and oxygen atoms in total. The summed E-state index contributed by atoms with van der Waals surface area (Å²) >= 11 is 0. The van der Waals surface area contributed by atoms with Crippen LogP contribution < -0.4 is 16.8 Å². The molecule has 1 atom stereocenters. The predicted octanol–water partition coefficient (Wildman–Crippen LogP) is 0.904. The summed E-state index contributed by atoms with van der Waals surface area (Å²) < 4.78 is 10.7. The van der Waals surface area contributed by atoms with Crippen molar-refractivity contribution in [2.24, 2.45) is 11.5 Å². The Morgan fingerprint density at radius 3 is 2.76 bits per heavy atom. The van der Waals surface area contributed by atoms with E-state index in [1.54, 1.807) is 13.3 Å². The van der Waals surface area contributed by atoms with Gasteiger partial charge in [-0.25, -0.2) is 0 Å². The van der Waals surface area contributed by atoms with Gasteiger partial charge in [0.05, 0.1) is 12.3 Å². The first kappa shape index (κ1) is 16.2. The van der Waals surface area contributed by atoms with Gasteiger partial charge in [-0.1, -0.05) is 13.3 Å². The van der Waals surface area contributed by atoms with Crippen LogP contribution in [-0.4, -0.2) is 33.1 Å². The summed E-state index contributed by atoms with van der Waals surface area (Å²) in [6, 6.07) is 0. The molecule has 0 bridgehead atoms. The van der Waals surface area contributed by atoms with Crippen LogP contribution in [0.3, 0.4) is 0 Å². The lowest BCUT2D eigenvalue weighted by Gasteiger charge is -2.16. The first-order chi connectivity index (χ1) is 8.24.